The summed E-state index contributed by atoms with van der Waals surface area (Å²) in [5.41, 5.74) is 3.35. The van der Waals surface area contributed by atoms with Crippen molar-refractivity contribution in [1.29, 1.82) is 0 Å². The van der Waals surface area contributed by atoms with Crippen LogP contribution in [0.4, 0.5) is 0 Å². The Morgan fingerprint density at radius 3 is 2.07 bits per heavy atom. The zero-order valence-corrected chi connectivity index (χ0v) is 16.6. The molecule has 0 fully saturated rings. The van der Waals surface area contributed by atoms with E-state index in [9.17, 15) is 13.6 Å². The van der Waals surface area contributed by atoms with Crippen molar-refractivity contribution in [3.8, 4) is 0 Å². The van der Waals surface area contributed by atoms with Crippen LogP contribution in [0.1, 0.15) is 42.9 Å². The van der Waals surface area contributed by atoms with Crippen molar-refractivity contribution in [3.05, 3.63) is 65.2 Å². The largest absolute Gasteiger partial charge is 0.411 e. The lowest BCUT2D eigenvalue weighted by molar-refractivity contribution is 0.318. The summed E-state index contributed by atoms with van der Waals surface area (Å²) in [7, 11) is -3.82. The molecule has 2 N–H and O–H groups in total. The highest BCUT2D eigenvalue weighted by molar-refractivity contribution is 7.89. The maximum Gasteiger partial charge on any atom is 0.276 e. The summed E-state index contributed by atoms with van der Waals surface area (Å²) in [6.07, 6.45) is 2.20. The van der Waals surface area contributed by atoms with E-state index in [1.165, 1.54) is 12.1 Å². The Morgan fingerprint density at radius 2 is 1.56 bits per heavy atom. The fourth-order valence-corrected chi connectivity index (χ4v) is 3.25. The quantitative estimate of drug-likeness (QED) is 0.407. The lowest BCUT2D eigenvalue weighted by Crippen LogP contribution is -2.24. The Kier molecular flexibility index (Phi) is 7.12. The predicted octanol–water partition coefficient (Wildman–Crippen LogP) is 4.01. The Bertz CT molecular complexity index is 916. The van der Waals surface area contributed by atoms with E-state index >= 15 is 0 Å². The van der Waals surface area contributed by atoms with Gasteiger partial charge >= 0.3 is 0 Å². The Morgan fingerprint density at radius 1 is 1.00 bits per heavy atom. The van der Waals surface area contributed by atoms with Gasteiger partial charge in [0.25, 0.3) is 10.0 Å². The maximum atomic E-state index is 12.5. The first kappa shape index (κ1) is 20.6. The van der Waals surface area contributed by atoms with Gasteiger partial charge in [-0.3, -0.25) is 0 Å². The molecule has 0 amide bonds. The summed E-state index contributed by atoms with van der Waals surface area (Å²) >= 11 is 0. The number of oxime groups is 1. The number of benzene rings is 2. The van der Waals surface area contributed by atoms with Crippen LogP contribution >= 0.6 is 0 Å². The van der Waals surface area contributed by atoms with Gasteiger partial charge in [0, 0.05) is 5.56 Å². The molecule has 0 heterocycles. The summed E-state index contributed by atoms with van der Waals surface area (Å²) in [4.78, 5) is 2.39. The Balaban J connectivity index is 2.39. The molecule has 0 atom stereocenters. The molecule has 0 unspecified atom stereocenters. The van der Waals surface area contributed by atoms with Gasteiger partial charge < -0.3 is 5.21 Å². The van der Waals surface area contributed by atoms with Gasteiger partial charge in [-0.05, 0) is 38.8 Å². The molecule has 0 aliphatic carbocycles. The molecule has 2 aromatic carbocycles. The van der Waals surface area contributed by atoms with Crippen LogP contribution in [0.2, 0.25) is 0 Å². The number of hydrogen-bond acceptors (Lipinski definition) is 5. The standard InChI is InChI=1S/C20H25N3O3S/c1-4-5-6-19(22-24)20(17-11-7-15(2)8-12-17)21-23-27(25,26)18-13-9-16(3)10-14-18/h7-14,23-24H,4-6H2,1-3H3/b21-20+,22-19+. The van der Waals surface area contributed by atoms with E-state index in [1.54, 1.807) is 12.1 Å². The number of rotatable bonds is 8. The number of nitrogens with zero attached hydrogens (tertiary/aromatic N) is 2. The van der Waals surface area contributed by atoms with E-state index in [-0.39, 0.29) is 4.90 Å². The van der Waals surface area contributed by atoms with Crippen LogP contribution in [0.15, 0.2) is 63.7 Å². The zero-order chi connectivity index (χ0) is 19.9. The summed E-state index contributed by atoms with van der Waals surface area (Å²) < 4.78 is 25.1. The van der Waals surface area contributed by atoms with E-state index in [0.29, 0.717) is 23.4 Å². The van der Waals surface area contributed by atoms with Gasteiger partial charge in [0.1, 0.15) is 11.4 Å². The van der Waals surface area contributed by atoms with Gasteiger partial charge in [-0.15, -0.1) is 0 Å². The SMILES string of the molecule is CCCCC(=N\O)/C(=N/NS(=O)(=O)c1ccc(C)cc1)c1ccc(C)cc1. The minimum atomic E-state index is -3.82. The first-order chi connectivity index (χ1) is 12.9. The molecular formula is C20H25N3O3S. The van der Waals surface area contributed by atoms with Gasteiger partial charge in [0.05, 0.1) is 4.90 Å². The van der Waals surface area contributed by atoms with Crippen LogP contribution in [0.3, 0.4) is 0 Å². The third-order valence-electron chi connectivity index (χ3n) is 4.10. The van der Waals surface area contributed by atoms with E-state index in [4.69, 9.17) is 0 Å². The van der Waals surface area contributed by atoms with Gasteiger partial charge in [-0.2, -0.15) is 18.4 Å². The highest BCUT2D eigenvalue weighted by Crippen LogP contribution is 2.12. The fraction of sp³-hybridized carbons (Fsp3) is 0.300. The second-order valence-electron chi connectivity index (χ2n) is 6.38. The third kappa shape index (κ3) is 5.65. The smallest absolute Gasteiger partial charge is 0.276 e. The monoisotopic (exact) mass is 387 g/mol. The van der Waals surface area contributed by atoms with Crippen LogP contribution in [-0.4, -0.2) is 25.0 Å². The molecule has 0 aliphatic heterocycles. The second kappa shape index (κ2) is 9.32. The van der Waals surface area contributed by atoms with Crippen molar-refractivity contribution < 1.29 is 13.6 Å². The molecule has 0 spiro atoms. The molecule has 0 saturated carbocycles. The van der Waals surface area contributed by atoms with Crippen LogP contribution in [0.5, 0.6) is 0 Å². The van der Waals surface area contributed by atoms with Crippen LogP contribution in [0, 0.1) is 13.8 Å². The first-order valence-corrected chi connectivity index (χ1v) is 10.3. The summed E-state index contributed by atoms with van der Waals surface area (Å²) in [5.74, 6) is 0. The molecule has 0 aliphatic rings. The molecule has 2 rings (SSSR count). The molecule has 27 heavy (non-hydrogen) atoms. The topological polar surface area (TPSA) is 91.1 Å². The fourth-order valence-electron chi connectivity index (χ4n) is 2.44. The molecule has 144 valence electrons. The number of aryl methyl sites for hydroxylation is 2. The summed E-state index contributed by atoms with van der Waals surface area (Å²) in [5, 5.41) is 16.9. The third-order valence-corrected chi connectivity index (χ3v) is 5.32. The molecular weight excluding hydrogens is 362 g/mol. The molecule has 2 aromatic rings. The normalized spacial score (nSPS) is 12.9. The highest BCUT2D eigenvalue weighted by Gasteiger charge is 2.17. The van der Waals surface area contributed by atoms with Crippen LogP contribution in [-0.2, 0) is 10.0 Å². The van der Waals surface area contributed by atoms with Gasteiger partial charge in [0.15, 0.2) is 0 Å². The lowest BCUT2D eigenvalue weighted by Gasteiger charge is -2.11. The number of sulfonamides is 1. The minimum absolute atomic E-state index is 0.121. The highest BCUT2D eigenvalue weighted by atomic mass is 32.2. The van der Waals surface area contributed by atoms with E-state index < -0.39 is 10.0 Å². The van der Waals surface area contributed by atoms with Crippen LogP contribution in [0.25, 0.3) is 0 Å². The molecule has 0 bridgehead atoms. The molecule has 6 nitrogen and oxygen atoms in total. The van der Waals surface area contributed by atoms with Crippen molar-refractivity contribution >= 4 is 21.4 Å². The van der Waals surface area contributed by atoms with Gasteiger partial charge in [-0.25, -0.2) is 0 Å². The van der Waals surface area contributed by atoms with E-state index in [0.717, 1.165) is 24.0 Å². The average Bonchev–Trinajstić information content (AvgIpc) is 2.65. The van der Waals surface area contributed by atoms with Crippen molar-refractivity contribution in [3.63, 3.8) is 0 Å². The van der Waals surface area contributed by atoms with Crippen molar-refractivity contribution in [2.75, 3.05) is 0 Å². The molecule has 0 radical (unpaired) electrons. The maximum absolute atomic E-state index is 12.5. The van der Waals surface area contributed by atoms with E-state index in [2.05, 4.69) is 15.1 Å². The van der Waals surface area contributed by atoms with Gasteiger partial charge in [0.2, 0.25) is 0 Å². The molecule has 0 aromatic heterocycles. The van der Waals surface area contributed by atoms with Crippen LogP contribution < -0.4 is 4.83 Å². The molecule has 0 saturated heterocycles. The average molecular weight is 388 g/mol. The summed E-state index contributed by atoms with van der Waals surface area (Å²) in [6.45, 7) is 5.87. The van der Waals surface area contributed by atoms with Gasteiger partial charge in [-0.1, -0.05) is 66.0 Å². The summed E-state index contributed by atoms with van der Waals surface area (Å²) in [6, 6.07) is 13.9. The van der Waals surface area contributed by atoms with Crippen molar-refractivity contribution in [1.82, 2.24) is 4.83 Å². The predicted molar refractivity (Wildman–Crippen MR) is 108 cm³/mol. The van der Waals surface area contributed by atoms with Crippen molar-refractivity contribution in [2.24, 2.45) is 10.3 Å². The van der Waals surface area contributed by atoms with Crippen molar-refractivity contribution in [2.45, 2.75) is 44.9 Å². The van der Waals surface area contributed by atoms with E-state index in [1.807, 2.05) is 45.0 Å². The number of nitrogens with one attached hydrogen (secondary N) is 1. The zero-order valence-electron chi connectivity index (χ0n) is 15.8. The molecule has 7 heteroatoms. The Labute approximate surface area is 160 Å². The number of hydrazone groups is 1. The number of unbranched alkanes of at least 4 members (excludes halogenated alkanes) is 1. The first-order valence-electron chi connectivity index (χ1n) is 8.82. The lowest BCUT2D eigenvalue weighted by atomic mass is 10.0. The Hall–Kier alpha value is -2.67. The number of hydrogen-bond donors (Lipinski definition) is 2. The minimum Gasteiger partial charge on any atom is -0.411 e. The second-order valence-corrected chi connectivity index (χ2v) is 8.05.